The summed E-state index contributed by atoms with van der Waals surface area (Å²) in [7, 11) is 1.76. The van der Waals surface area contributed by atoms with Gasteiger partial charge in [0.25, 0.3) is 5.91 Å². The van der Waals surface area contributed by atoms with E-state index < -0.39 is 0 Å². The highest BCUT2D eigenvalue weighted by molar-refractivity contribution is 6.34. The summed E-state index contributed by atoms with van der Waals surface area (Å²) in [4.78, 5) is 12.6. The van der Waals surface area contributed by atoms with E-state index in [1.807, 2.05) is 78.5 Å². The SMILES string of the molecule is Cc1c(Cl)c(C(=O)NCc2cn(-c3ccccc3)nc2-c2ccccc2)nn1C. The molecule has 0 bridgehead atoms. The molecule has 0 aliphatic heterocycles. The number of halogens is 1. The van der Waals surface area contributed by atoms with E-state index in [0.717, 1.165) is 28.2 Å². The molecule has 2 aromatic heterocycles. The summed E-state index contributed by atoms with van der Waals surface area (Å²) >= 11 is 6.24. The summed E-state index contributed by atoms with van der Waals surface area (Å²) in [5.41, 5.74) is 4.63. The number of nitrogens with zero attached hydrogens (tertiary/aromatic N) is 4. The predicted octanol–water partition coefficient (Wildman–Crippen LogP) is 4.16. The molecule has 0 spiro atoms. The number of hydrogen-bond donors (Lipinski definition) is 1. The molecule has 4 aromatic rings. The minimum absolute atomic E-state index is 0.225. The van der Waals surface area contributed by atoms with Gasteiger partial charge >= 0.3 is 0 Å². The van der Waals surface area contributed by atoms with Gasteiger partial charge in [0, 0.05) is 30.9 Å². The number of hydrogen-bond acceptors (Lipinski definition) is 3. The van der Waals surface area contributed by atoms with Gasteiger partial charge in [-0.15, -0.1) is 0 Å². The summed E-state index contributed by atoms with van der Waals surface area (Å²) in [6, 6.07) is 19.8. The molecule has 2 heterocycles. The Kier molecular flexibility index (Phi) is 5.18. The molecular formula is C22H20ClN5O. The summed E-state index contributed by atoms with van der Waals surface area (Å²) in [6.45, 7) is 2.13. The van der Waals surface area contributed by atoms with Crippen LogP contribution in [0.15, 0.2) is 66.9 Å². The fourth-order valence-electron chi connectivity index (χ4n) is 3.08. The molecule has 0 radical (unpaired) electrons. The van der Waals surface area contributed by atoms with Crippen LogP contribution in [0.1, 0.15) is 21.7 Å². The minimum Gasteiger partial charge on any atom is -0.346 e. The molecule has 0 atom stereocenters. The van der Waals surface area contributed by atoms with Crippen LogP contribution in [0.5, 0.6) is 0 Å². The van der Waals surface area contributed by atoms with Gasteiger partial charge in [-0.05, 0) is 19.1 Å². The summed E-state index contributed by atoms with van der Waals surface area (Å²) < 4.78 is 3.42. The van der Waals surface area contributed by atoms with Crippen molar-refractivity contribution < 1.29 is 4.79 Å². The lowest BCUT2D eigenvalue weighted by Crippen LogP contribution is -2.23. The second-order valence-corrected chi connectivity index (χ2v) is 7.08. The van der Waals surface area contributed by atoms with E-state index in [9.17, 15) is 4.79 Å². The van der Waals surface area contributed by atoms with Crippen LogP contribution in [0, 0.1) is 6.92 Å². The molecule has 146 valence electrons. The first-order valence-electron chi connectivity index (χ1n) is 9.21. The number of nitrogens with one attached hydrogen (secondary N) is 1. The summed E-state index contributed by atoms with van der Waals surface area (Å²) in [5.74, 6) is -0.315. The largest absolute Gasteiger partial charge is 0.346 e. The average molecular weight is 406 g/mol. The molecule has 0 aliphatic carbocycles. The number of benzene rings is 2. The molecular weight excluding hydrogens is 386 g/mol. The summed E-state index contributed by atoms with van der Waals surface area (Å²) in [6.07, 6.45) is 1.93. The smallest absolute Gasteiger partial charge is 0.273 e. The van der Waals surface area contributed by atoms with Crippen LogP contribution in [0.25, 0.3) is 16.9 Å². The maximum Gasteiger partial charge on any atom is 0.273 e. The highest BCUT2D eigenvalue weighted by atomic mass is 35.5. The number of amides is 1. The molecule has 0 unspecified atom stereocenters. The van der Waals surface area contributed by atoms with Crippen molar-refractivity contribution in [1.29, 1.82) is 0 Å². The number of aryl methyl sites for hydroxylation is 1. The Bertz CT molecular complexity index is 1150. The van der Waals surface area contributed by atoms with E-state index in [1.54, 1.807) is 11.7 Å². The molecule has 6 nitrogen and oxygen atoms in total. The van der Waals surface area contributed by atoms with E-state index >= 15 is 0 Å². The Balaban J connectivity index is 1.64. The molecule has 7 heteroatoms. The van der Waals surface area contributed by atoms with Gasteiger partial charge in [0.1, 0.15) is 0 Å². The standard InChI is InChI=1S/C22H20ClN5O/c1-15-19(23)21(25-27(15)2)22(29)24-13-17-14-28(18-11-7-4-8-12-18)26-20(17)16-9-5-3-6-10-16/h3-12,14H,13H2,1-2H3,(H,24,29). The zero-order valence-corrected chi connectivity index (χ0v) is 16.9. The first-order valence-corrected chi connectivity index (χ1v) is 9.59. The van der Waals surface area contributed by atoms with Gasteiger partial charge < -0.3 is 5.32 Å². The number of para-hydroxylation sites is 1. The number of rotatable bonds is 5. The molecule has 1 N–H and O–H groups in total. The van der Waals surface area contributed by atoms with Gasteiger partial charge in [-0.3, -0.25) is 9.48 Å². The van der Waals surface area contributed by atoms with Crippen LogP contribution in [-0.4, -0.2) is 25.5 Å². The van der Waals surface area contributed by atoms with E-state index in [2.05, 4.69) is 10.4 Å². The first-order chi connectivity index (χ1) is 14.0. The molecule has 4 rings (SSSR count). The van der Waals surface area contributed by atoms with Crippen molar-refractivity contribution in [3.05, 3.63) is 88.8 Å². The van der Waals surface area contributed by atoms with Crippen molar-refractivity contribution in [3.63, 3.8) is 0 Å². The molecule has 0 fully saturated rings. The maximum absolute atomic E-state index is 12.6. The van der Waals surface area contributed by atoms with Gasteiger partial charge in [-0.1, -0.05) is 60.1 Å². The van der Waals surface area contributed by atoms with Gasteiger partial charge in [0.2, 0.25) is 0 Å². The predicted molar refractivity (Wildman–Crippen MR) is 113 cm³/mol. The lowest BCUT2D eigenvalue weighted by Gasteiger charge is -2.04. The highest BCUT2D eigenvalue weighted by Gasteiger charge is 2.19. The molecule has 0 saturated carbocycles. The van der Waals surface area contributed by atoms with Crippen LogP contribution in [0.4, 0.5) is 0 Å². The van der Waals surface area contributed by atoms with Crippen LogP contribution < -0.4 is 5.32 Å². The first kappa shape index (κ1) is 19.0. The fraction of sp³-hybridized carbons (Fsp3) is 0.136. The van der Waals surface area contributed by atoms with Crippen molar-refractivity contribution in [2.75, 3.05) is 0 Å². The summed E-state index contributed by atoms with van der Waals surface area (Å²) in [5, 5.41) is 12.3. The Morgan fingerprint density at radius 2 is 1.69 bits per heavy atom. The minimum atomic E-state index is -0.315. The van der Waals surface area contributed by atoms with Crippen molar-refractivity contribution in [1.82, 2.24) is 24.9 Å². The third kappa shape index (κ3) is 3.79. The fourth-order valence-corrected chi connectivity index (χ4v) is 3.32. The topological polar surface area (TPSA) is 64.7 Å². The third-order valence-corrected chi connectivity index (χ3v) is 5.23. The van der Waals surface area contributed by atoms with E-state index in [-0.39, 0.29) is 11.6 Å². The van der Waals surface area contributed by atoms with E-state index in [4.69, 9.17) is 16.7 Å². The number of carbonyl (C=O) groups is 1. The quantitative estimate of drug-likeness (QED) is 0.542. The zero-order valence-electron chi connectivity index (χ0n) is 16.1. The van der Waals surface area contributed by atoms with Gasteiger partial charge in [-0.25, -0.2) is 4.68 Å². The van der Waals surface area contributed by atoms with Gasteiger partial charge in [-0.2, -0.15) is 10.2 Å². The van der Waals surface area contributed by atoms with Crippen molar-refractivity contribution >= 4 is 17.5 Å². The van der Waals surface area contributed by atoms with Gasteiger partial charge in [0.05, 0.1) is 22.1 Å². The lowest BCUT2D eigenvalue weighted by atomic mass is 10.1. The Morgan fingerprint density at radius 1 is 1.03 bits per heavy atom. The molecule has 2 aromatic carbocycles. The van der Waals surface area contributed by atoms with Crippen LogP contribution in [0.3, 0.4) is 0 Å². The average Bonchev–Trinajstić information content (AvgIpc) is 3.30. The lowest BCUT2D eigenvalue weighted by molar-refractivity contribution is 0.0945. The third-order valence-electron chi connectivity index (χ3n) is 4.77. The van der Waals surface area contributed by atoms with Crippen LogP contribution >= 0.6 is 11.6 Å². The van der Waals surface area contributed by atoms with Crippen molar-refractivity contribution in [2.45, 2.75) is 13.5 Å². The Hall–Kier alpha value is -3.38. The van der Waals surface area contributed by atoms with Crippen LogP contribution in [-0.2, 0) is 13.6 Å². The number of aromatic nitrogens is 4. The molecule has 0 aliphatic rings. The maximum atomic E-state index is 12.6. The monoisotopic (exact) mass is 405 g/mol. The molecule has 0 saturated heterocycles. The van der Waals surface area contributed by atoms with Crippen molar-refractivity contribution in [3.8, 4) is 16.9 Å². The number of carbonyl (C=O) groups excluding carboxylic acids is 1. The van der Waals surface area contributed by atoms with Crippen LogP contribution in [0.2, 0.25) is 5.02 Å². The zero-order chi connectivity index (χ0) is 20.4. The normalized spacial score (nSPS) is 10.9. The van der Waals surface area contributed by atoms with Crippen molar-refractivity contribution in [2.24, 2.45) is 7.05 Å². The van der Waals surface area contributed by atoms with Gasteiger partial charge in [0.15, 0.2) is 5.69 Å². The Morgan fingerprint density at radius 3 is 2.31 bits per heavy atom. The second-order valence-electron chi connectivity index (χ2n) is 6.70. The molecule has 29 heavy (non-hydrogen) atoms. The molecule has 1 amide bonds. The Labute approximate surface area is 173 Å². The van der Waals surface area contributed by atoms with E-state index in [0.29, 0.717) is 11.6 Å². The van der Waals surface area contributed by atoms with E-state index in [1.165, 1.54) is 0 Å². The second kappa shape index (κ2) is 7.93. The highest BCUT2D eigenvalue weighted by Crippen LogP contribution is 2.24.